The molecule has 7 nitrogen and oxygen atoms in total. The normalized spacial score (nSPS) is 17.0. The fourth-order valence-corrected chi connectivity index (χ4v) is 3.52. The van der Waals surface area contributed by atoms with Crippen molar-refractivity contribution in [2.75, 3.05) is 32.7 Å². The predicted molar refractivity (Wildman–Crippen MR) is 97.8 cm³/mol. The van der Waals surface area contributed by atoms with Gasteiger partial charge in [0.2, 0.25) is 5.91 Å². The van der Waals surface area contributed by atoms with E-state index in [9.17, 15) is 9.59 Å². The van der Waals surface area contributed by atoms with Crippen molar-refractivity contribution in [2.45, 2.75) is 32.6 Å². The molecule has 3 rings (SSSR count). The Morgan fingerprint density at radius 2 is 1.78 bits per heavy atom. The molecular weight excluding hydrogens is 343 g/mol. The summed E-state index contributed by atoms with van der Waals surface area (Å²) in [6.07, 6.45) is 4.47. The Morgan fingerprint density at radius 1 is 1.15 bits per heavy atom. The number of carboxylic acid groups (broad SMARTS) is 1. The molecule has 0 radical (unpaired) electrons. The minimum Gasteiger partial charge on any atom is -0.870 e. The Kier molecular flexibility index (Phi) is 10.9. The number of hydrogen-bond acceptors (Lipinski definition) is 4. The molecule has 0 unspecified atom stereocenters. The zero-order valence-electron chi connectivity index (χ0n) is 16.3. The number of piperazine rings is 1. The fourth-order valence-electron chi connectivity index (χ4n) is 3.52. The molecule has 1 saturated carbocycles. The van der Waals surface area contributed by atoms with Gasteiger partial charge in [0.1, 0.15) is 0 Å². The van der Waals surface area contributed by atoms with Gasteiger partial charge in [0, 0.05) is 32.7 Å². The van der Waals surface area contributed by atoms with Crippen molar-refractivity contribution in [2.24, 2.45) is 5.92 Å². The first-order valence-corrected chi connectivity index (χ1v) is 8.86. The Bertz CT molecular complexity index is 629. The molecule has 0 bridgehead atoms. The summed E-state index contributed by atoms with van der Waals surface area (Å²) in [5.74, 6) is 0.0886. The number of amides is 1. The molecule has 1 aromatic carbocycles. The molecule has 27 heavy (non-hydrogen) atoms. The molecule has 1 aliphatic carbocycles. The first-order valence-electron chi connectivity index (χ1n) is 8.86. The molecule has 0 atom stereocenters. The first kappa shape index (κ1) is 25.6. The van der Waals surface area contributed by atoms with Gasteiger partial charge in [-0.1, -0.05) is 12.5 Å². The summed E-state index contributed by atoms with van der Waals surface area (Å²) in [4.78, 5) is 27.9. The van der Waals surface area contributed by atoms with Crippen LogP contribution < -0.4 is 18.9 Å². The van der Waals surface area contributed by atoms with Crippen molar-refractivity contribution < 1.29 is 44.5 Å². The topological polar surface area (TPSA) is 122 Å². The van der Waals surface area contributed by atoms with Gasteiger partial charge in [-0.25, -0.2) is 4.79 Å². The summed E-state index contributed by atoms with van der Waals surface area (Å²) in [5.41, 5.74) is 2.06. The third kappa shape index (κ3) is 6.63. The Morgan fingerprint density at radius 3 is 2.26 bits per heavy atom. The van der Waals surface area contributed by atoms with Crippen LogP contribution in [-0.2, 0) is 11.2 Å². The van der Waals surface area contributed by atoms with E-state index in [1.807, 2.05) is 11.8 Å². The van der Waals surface area contributed by atoms with Crippen LogP contribution in [-0.4, -0.2) is 70.5 Å². The number of carbonyl (C=O) groups excluding carboxylic acids is 1. The molecule has 1 aliphatic heterocycles. The summed E-state index contributed by atoms with van der Waals surface area (Å²) < 4.78 is 0. The van der Waals surface area contributed by atoms with Crippen molar-refractivity contribution in [3.8, 4) is 0 Å². The van der Waals surface area contributed by atoms with E-state index >= 15 is 0 Å². The first-order chi connectivity index (χ1) is 11.5. The molecule has 1 heterocycles. The van der Waals surface area contributed by atoms with Crippen LogP contribution in [0.25, 0.3) is 0 Å². The SMILES string of the molecule is Cc1cc(C(=O)O)ccc1CC(=O)N1CCN(CC2CCC2)CC1.O.[Li+].[OH-]. The van der Waals surface area contributed by atoms with Gasteiger partial charge in [-0.15, -0.1) is 0 Å². The number of aryl methyl sites for hydroxylation is 1. The van der Waals surface area contributed by atoms with E-state index in [0.29, 0.717) is 6.42 Å². The van der Waals surface area contributed by atoms with Crippen molar-refractivity contribution >= 4 is 11.9 Å². The Hall–Kier alpha value is -1.36. The van der Waals surface area contributed by atoms with E-state index < -0.39 is 5.97 Å². The van der Waals surface area contributed by atoms with Crippen LogP contribution in [0.1, 0.15) is 40.7 Å². The van der Waals surface area contributed by atoms with Gasteiger partial charge >= 0.3 is 24.8 Å². The van der Waals surface area contributed by atoms with Crippen LogP contribution in [0.3, 0.4) is 0 Å². The van der Waals surface area contributed by atoms with Crippen molar-refractivity contribution in [1.29, 1.82) is 0 Å². The average molecular weight is 372 g/mol. The van der Waals surface area contributed by atoms with E-state index in [2.05, 4.69) is 4.90 Å². The molecule has 4 N–H and O–H groups in total. The number of aromatic carboxylic acids is 1. The minimum absolute atomic E-state index is 0. The van der Waals surface area contributed by atoms with Gasteiger partial charge in [0.05, 0.1) is 12.0 Å². The van der Waals surface area contributed by atoms with Crippen molar-refractivity contribution in [3.05, 3.63) is 34.9 Å². The maximum atomic E-state index is 12.5. The second-order valence-electron chi connectivity index (χ2n) is 7.10. The summed E-state index contributed by atoms with van der Waals surface area (Å²) in [5, 5.41) is 9.02. The molecule has 146 valence electrons. The Labute approximate surface area is 172 Å². The predicted octanol–water partition coefficient (Wildman–Crippen LogP) is -1.82. The minimum atomic E-state index is -0.932. The Balaban J connectivity index is 0.00000225. The smallest absolute Gasteiger partial charge is 0.870 e. The zero-order chi connectivity index (χ0) is 17.1. The summed E-state index contributed by atoms with van der Waals surface area (Å²) in [6, 6.07) is 4.99. The molecular formula is C19H29LiN2O5. The van der Waals surface area contributed by atoms with Gasteiger partial charge in [-0.3, -0.25) is 9.69 Å². The van der Waals surface area contributed by atoms with Crippen molar-refractivity contribution in [1.82, 2.24) is 9.80 Å². The van der Waals surface area contributed by atoms with Crippen LogP contribution in [0.2, 0.25) is 0 Å². The number of rotatable bonds is 5. The summed E-state index contributed by atoms with van der Waals surface area (Å²) >= 11 is 0. The van der Waals surface area contributed by atoms with Crippen LogP contribution in [0, 0.1) is 12.8 Å². The average Bonchev–Trinajstić information content (AvgIpc) is 2.53. The third-order valence-corrected chi connectivity index (χ3v) is 5.40. The zero-order valence-corrected chi connectivity index (χ0v) is 16.3. The number of benzene rings is 1. The number of nitrogens with zero attached hydrogens (tertiary/aromatic N) is 2. The van der Waals surface area contributed by atoms with Gasteiger partial charge < -0.3 is 21.0 Å². The van der Waals surface area contributed by atoms with E-state index in [4.69, 9.17) is 5.11 Å². The number of hydrogen-bond donors (Lipinski definition) is 1. The van der Waals surface area contributed by atoms with Gasteiger partial charge in [-0.2, -0.15) is 0 Å². The standard InChI is InChI=1S/C19H26N2O3.Li.2H2O/c1-14-11-17(19(23)24)6-5-16(14)12-18(22)21-9-7-20(8-10-21)13-15-3-2-4-15;;;/h5-6,11,15H,2-4,7-10,12-13H2,1H3,(H,23,24);;2*1H2/q;+1;;/p-1. The van der Waals surface area contributed by atoms with Crippen LogP contribution in [0.15, 0.2) is 18.2 Å². The van der Waals surface area contributed by atoms with E-state index in [0.717, 1.165) is 43.2 Å². The largest absolute Gasteiger partial charge is 1.00 e. The van der Waals surface area contributed by atoms with Crippen molar-refractivity contribution in [3.63, 3.8) is 0 Å². The van der Waals surface area contributed by atoms with Crippen LogP contribution in [0.5, 0.6) is 0 Å². The summed E-state index contributed by atoms with van der Waals surface area (Å²) in [6.45, 7) is 6.61. The van der Waals surface area contributed by atoms with Crippen LogP contribution >= 0.6 is 0 Å². The number of carboxylic acids is 1. The molecule has 0 spiro atoms. The summed E-state index contributed by atoms with van der Waals surface area (Å²) in [7, 11) is 0. The number of carbonyl (C=O) groups is 2. The maximum absolute atomic E-state index is 12.5. The van der Waals surface area contributed by atoms with Gasteiger partial charge in [-0.05, 0) is 48.9 Å². The second-order valence-corrected chi connectivity index (χ2v) is 7.10. The third-order valence-electron chi connectivity index (χ3n) is 5.40. The molecule has 8 heteroatoms. The molecule has 1 aromatic rings. The molecule has 1 amide bonds. The maximum Gasteiger partial charge on any atom is 1.00 e. The second kappa shape index (κ2) is 11.5. The van der Waals surface area contributed by atoms with Gasteiger partial charge in [0.25, 0.3) is 0 Å². The fraction of sp³-hybridized carbons (Fsp3) is 0.579. The van der Waals surface area contributed by atoms with Gasteiger partial charge in [0.15, 0.2) is 0 Å². The molecule has 0 aromatic heterocycles. The quantitative estimate of drug-likeness (QED) is 0.610. The molecule has 2 aliphatic rings. The monoisotopic (exact) mass is 372 g/mol. The van der Waals surface area contributed by atoms with E-state index in [1.54, 1.807) is 18.2 Å². The van der Waals surface area contributed by atoms with E-state index in [-0.39, 0.29) is 41.3 Å². The molecule has 2 fully saturated rings. The van der Waals surface area contributed by atoms with Crippen LogP contribution in [0.4, 0.5) is 0 Å². The van der Waals surface area contributed by atoms with E-state index in [1.165, 1.54) is 25.8 Å². The molecule has 1 saturated heterocycles.